The van der Waals surface area contributed by atoms with Crippen LogP contribution in [-0.4, -0.2) is 79.9 Å². The second kappa shape index (κ2) is 14.5. The van der Waals surface area contributed by atoms with Crippen LogP contribution in [0.1, 0.15) is 54.9 Å². The molecule has 0 saturated carbocycles. The van der Waals surface area contributed by atoms with Crippen LogP contribution in [0.25, 0.3) is 0 Å². The second-order valence-corrected chi connectivity index (χ2v) is 10.5. The van der Waals surface area contributed by atoms with Crippen LogP contribution in [0.4, 0.5) is 5.00 Å². The summed E-state index contributed by atoms with van der Waals surface area (Å²) in [4.78, 5) is 64.9. The largest absolute Gasteiger partial charge is 0.462 e. The molecule has 2 aromatic rings. The zero-order valence-corrected chi connectivity index (χ0v) is 24.0. The van der Waals surface area contributed by atoms with Gasteiger partial charge in [-0.25, -0.2) is 9.59 Å². The van der Waals surface area contributed by atoms with E-state index in [-0.39, 0.29) is 28.0 Å². The van der Waals surface area contributed by atoms with Crippen molar-refractivity contribution in [2.24, 2.45) is 0 Å². The van der Waals surface area contributed by atoms with Crippen LogP contribution < -0.4 is 10.6 Å². The number of esters is 2. The summed E-state index contributed by atoms with van der Waals surface area (Å²) in [5, 5.41) is 5.36. The highest BCUT2D eigenvalue weighted by Gasteiger charge is 2.28. The molecular weight excluding hydrogens is 530 g/mol. The molecule has 1 aromatic carbocycles. The molecule has 0 aliphatic rings. The van der Waals surface area contributed by atoms with E-state index < -0.39 is 36.4 Å². The topological polar surface area (TPSA) is 131 Å². The zero-order chi connectivity index (χ0) is 28.4. The van der Waals surface area contributed by atoms with E-state index in [0.29, 0.717) is 23.3 Å². The maximum atomic E-state index is 12.8. The lowest BCUT2D eigenvalue weighted by molar-refractivity contribution is -0.149. The highest BCUT2D eigenvalue weighted by molar-refractivity contribution is 7.98. The molecule has 38 heavy (non-hydrogen) atoms. The number of amides is 3. The van der Waals surface area contributed by atoms with Crippen molar-refractivity contribution in [3.63, 3.8) is 0 Å². The fraction of sp³-hybridized carbons (Fsp3) is 0.423. The van der Waals surface area contributed by atoms with Crippen molar-refractivity contribution < 1.29 is 33.4 Å². The molecular formula is C26H33N3O7S2. The van der Waals surface area contributed by atoms with E-state index in [1.807, 2.05) is 19.2 Å². The summed E-state index contributed by atoms with van der Waals surface area (Å²) in [6.07, 6.45) is 2.18. The number of aryl methyl sites for hydroxylation is 1. The van der Waals surface area contributed by atoms with Crippen LogP contribution in [0.15, 0.2) is 24.3 Å². The lowest BCUT2D eigenvalue weighted by Gasteiger charge is -2.17. The number of benzene rings is 1. The van der Waals surface area contributed by atoms with Crippen LogP contribution in [0.5, 0.6) is 0 Å². The molecule has 10 nitrogen and oxygen atoms in total. The Morgan fingerprint density at radius 3 is 2.42 bits per heavy atom. The minimum Gasteiger partial charge on any atom is -0.462 e. The predicted molar refractivity (Wildman–Crippen MR) is 148 cm³/mol. The van der Waals surface area contributed by atoms with Gasteiger partial charge in [0.15, 0.2) is 6.61 Å². The van der Waals surface area contributed by atoms with E-state index in [2.05, 4.69) is 10.6 Å². The summed E-state index contributed by atoms with van der Waals surface area (Å²) in [7, 11) is 3.16. The highest BCUT2D eigenvalue weighted by atomic mass is 32.2. The average Bonchev–Trinajstić information content (AvgIpc) is 3.19. The normalized spacial score (nSPS) is 11.3. The number of hydrogen-bond donors (Lipinski definition) is 2. The number of hydrogen-bond acceptors (Lipinski definition) is 9. The van der Waals surface area contributed by atoms with Crippen LogP contribution in [0.3, 0.4) is 0 Å². The smallest absolute Gasteiger partial charge is 0.341 e. The average molecular weight is 564 g/mol. The van der Waals surface area contributed by atoms with E-state index in [1.54, 1.807) is 46.1 Å². The molecule has 0 radical (unpaired) electrons. The van der Waals surface area contributed by atoms with E-state index in [1.165, 1.54) is 16.7 Å². The Hall–Kier alpha value is -3.38. The standard InChI is InChI=1S/C26H33N3O7S2/c1-7-35-26(34)20-16(3)21(24(32)29(4)5)38-23(20)28-19(30)14-36-25(33)18(11-12-37-6)27-22(31)17-10-8-9-15(2)13-17/h8-10,13,18H,7,11-12,14H2,1-6H3,(H,27,31)(H,28,30)/t18-/m0/s1. The summed E-state index contributed by atoms with van der Waals surface area (Å²) in [5.74, 6) is -2.31. The molecule has 2 rings (SSSR count). The number of nitrogens with zero attached hydrogens (tertiary/aromatic N) is 1. The lowest BCUT2D eigenvalue weighted by atomic mass is 10.1. The van der Waals surface area contributed by atoms with Gasteiger partial charge >= 0.3 is 11.9 Å². The van der Waals surface area contributed by atoms with Gasteiger partial charge in [0, 0.05) is 19.7 Å². The highest BCUT2D eigenvalue weighted by Crippen LogP contribution is 2.34. The Kier molecular flexibility index (Phi) is 11.8. The minimum absolute atomic E-state index is 0.0741. The van der Waals surface area contributed by atoms with Crippen molar-refractivity contribution in [2.45, 2.75) is 33.2 Å². The van der Waals surface area contributed by atoms with Crippen molar-refractivity contribution in [1.82, 2.24) is 10.2 Å². The molecule has 3 amide bonds. The van der Waals surface area contributed by atoms with E-state index in [9.17, 15) is 24.0 Å². The maximum Gasteiger partial charge on any atom is 0.341 e. The third-order valence-corrected chi connectivity index (χ3v) is 7.15. The number of rotatable bonds is 12. The molecule has 0 spiro atoms. The van der Waals surface area contributed by atoms with E-state index >= 15 is 0 Å². The van der Waals surface area contributed by atoms with Gasteiger partial charge in [-0.1, -0.05) is 17.7 Å². The Bertz CT molecular complexity index is 1190. The number of nitrogens with one attached hydrogen (secondary N) is 2. The first-order chi connectivity index (χ1) is 18.0. The Balaban J connectivity index is 2.13. The van der Waals surface area contributed by atoms with Gasteiger partial charge in [-0.05, 0) is 56.9 Å². The molecule has 1 aromatic heterocycles. The van der Waals surface area contributed by atoms with Crippen LogP contribution in [0, 0.1) is 13.8 Å². The van der Waals surface area contributed by atoms with Gasteiger partial charge < -0.3 is 25.0 Å². The molecule has 0 bridgehead atoms. The van der Waals surface area contributed by atoms with Crippen molar-refractivity contribution in [1.29, 1.82) is 0 Å². The first-order valence-corrected chi connectivity index (χ1v) is 14.1. The molecule has 1 atom stereocenters. The fourth-order valence-corrected chi connectivity index (χ4v) is 5.07. The Morgan fingerprint density at radius 1 is 1.11 bits per heavy atom. The molecule has 0 fully saturated rings. The van der Waals surface area contributed by atoms with Gasteiger partial charge in [0.2, 0.25) is 0 Å². The van der Waals surface area contributed by atoms with Crippen LogP contribution >= 0.6 is 23.1 Å². The molecule has 2 N–H and O–H groups in total. The minimum atomic E-state index is -0.952. The Morgan fingerprint density at radius 2 is 1.82 bits per heavy atom. The van der Waals surface area contributed by atoms with Gasteiger partial charge in [0.1, 0.15) is 11.0 Å². The van der Waals surface area contributed by atoms with Crippen molar-refractivity contribution in [3.8, 4) is 0 Å². The molecule has 206 valence electrons. The van der Waals surface area contributed by atoms with E-state index in [4.69, 9.17) is 9.47 Å². The number of ether oxygens (including phenoxy) is 2. The monoisotopic (exact) mass is 563 g/mol. The second-order valence-electron chi connectivity index (χ2n) is 8.51. The number of thiophene rings is 1. The third kappa shape index (κ3) is 8.32. The number of carbonyl (C=O) groups is 5. The number of anilines is 1. The summed E-state index contributed by atoms with van der Waals surface area (Å²) < 4.78 is 10.3. The third-order valence-electron chi connectivity index (χ3n) is 5.31. The van der Waals surface area contributed by atoms with Gasteiger partial charge in [-0.2, -0.15) is 11.8 Å². The fourth-order valence-electron chi connectivity index (χ4n) is 3.37. The predicted octanol–water partition coefficient (Wildman–Crippen LogP) is 3.28. The summed E-state index contributed by atoms with van der Waals surface area (Å²) in [6.45, 7) is 4.57. The molecule has 0 unspecified atom stereocenters. The lowest BCUT2D eigenvalue weighted by Crippen LogP contribution is -2.43. The van der Waals surface area contributed by atoms with Crippen LogP contribution in [0.2, 0.25) is 0 Å². The van der Waals surface area contributed by atoms with Crippen molar-refractivity contribution in [2.75, 3.05) is 44.6 Å². The number of carbonyl (C=O) groups excluding carboxylic acids is 5. The van der Waals surface area contributed by atoms with Crippen LogP contribution in [-0.2, 0) is 19.1 Å². The van der Waals surface area contributed by atoms with Gasteiger partial charge in [0.25, 0.3) is 17.7 Å². The van der Waals surface area contributed by atoms with Crippen molar-refractivity contribution >= 4 is 57.8 Å². The summed E-state index contributed by atoms with van der Waals surface area (Å²) >= 11 is 2.44. The molecule has 12 heteroatoms. The summed E-state index contributed by atoms with van der Waals surface area (Å²) in [6, 6.07) is 6.01. The molecule has 1 heterocycles. The van der Waals surface area contributed by atoms with Gasteiger partial charge in [-0.3, -0.25) is 14.4 Å². The Labute approximate surface area is 230 Å². The first-order valence-electron chi connectivity index (χ1n) is 11.8. The van der Waals surface area contributed by atoms with Gasteiger partial charge in [0.05, 0.1) is 17.0 Å². The first kappa shape index (κ1) is 30.8. The zero-order valence-electron chi connectivity index (χ0n) is 22.3. The summed E-state index contributed by atoms with van der Waals surface area (Å²) in [5.41, 5.74) is 1.77. The maximum absolute atomic E-state index is 12.8. The number of thioether (sulfide) groups is 1. The molecule has 0 aliphatic heterocycles. The quantitative estimate of drug-likeness (QED) is 0.376. The molecule has 0 aliphatic carbocycles. The molecule has 0 saturated heterocycles. The van der Waals surface area contributed by atoms with E-state index in [0.717, 1.165) is 16.9 Å². The SMILES string of the molecule is CCOC(=O)c1c(NC(=O)COC(=O)[C@H](CCSC)NC(=O)c2cccc(C)c2)sc(C(=O)N(C)C)c1C. The van der Waals surface area contributed by atoms with Gasteiger partial charge in [-0.15, -0.1) is 11.3 Å². The van der Waals surface area contributed by atoms with Crippen molar-refractivity contribution in [3.05, 3.63) is 51.4 Å².